The molecule has 8 heteroatoms. The largest absolute Gasteiger partial charge is 0.477 e. The van der Waals surface area contributed by atoms with Crippen molar-refractivity contribution in [3.63, 3.8) is 0 Å². The van der Waals surface area contributed by atoms with Gasteiger partial charge in [-0.3, -0.25) is 9.59 Å². The van der Waals surface area contributed by atoms with Crippen molar-refractivity contribution in [2.45, 2.75) is 46.7 Å². The molecule has 0 aliphatic heterocycles. The lowest BCUT2D eigenvalue weighted by atomic mass is 10.1. The fourth-order valence-electron chi connectivity index (χ4n) is 3.53. The number of aryl methyl sites for hydroxylation is 1. The van der Waals surface area contributed by atoms with E-state index in [-0.39, 0.29) is 23.4 Å². The lowest BCUT2D eigenvalue weighted by molar-refractivity contribution is -0.124. The van der Waals surface area contributed by atoms with Crippen LogP contribution in [0.1, 0.15) is 60.0 Å². The molecule has 0 saturated heterocycles. The van der Waals surface area contributed by atoms with Gasteiger partial charge in [0.1, 0.15) is 5.69 Å². The minimum absolute atomic E-state index is 0.0733. The molecule has 1 heterocycles. The Balaban J connectivity index is 1.82. The first kappa shape index (κ1) is 24.3. The lowest BCUT2D eigenvalue weighted by Gasteiger charge is -2.11. The van der Waals surface area contributed by atoms with Crippen LogP contribution < -0.4 is 10.6 Å². The number of aromatic nitrogens is 1. The predicted molar refractivity (Wildman–Crippen MR) is 130 cm³/mol. The van der Waals surface area contributed by atoms with E-state index >= 15 is 0 Å². The number of nitrogens with one attached hydrogen (secondary N) is 2. The second kappa shape index (κ2) is 10.5. The van der Waals surface area contributed by atoms with Crippen LogP contribution >= 0.6 is 11.6 Å². The molecule has 3 N–H and O–H groups in total. The summed E-state index contributed by atoms with van der Waals surface area (Å²) in [5.74, 6) is -1.58. The molecule has 0 radical (unpaired) electrons. The van der Waals surface area contributed by atoms with Crippen molar-refractivity contribution in [2.75, 3.05) is 5.32 Å². The van der Waals surface area contributed by atoms with Crippen LogP contribution in [0.25, 0.3) is 10.9 Å². The van der Waals surface area contributed by atoms with E-state index in [1.165, 1.54) is 0 Å². The Morgan fingerprint density at radius 1 is 1.09 bits per heavy atom. The predicted octanol–water partition coefficient (Wildman–Crippen LogP) is 5.32. The Bertz CT molecular complexity index is 1200. The molecular formula is C25H28ClN3O4. The summed E-state index contributed by atoms with van der Waals surface area (Å²) < 4.78 is 1.79. The number of carbonyl (C=O) groups is 3. The van der Waals surface area contributed by atoms with E-state index in [1.54, 1.807) is 41.0 Å². The molecule has 0 atom stereocenters. The zero-order chi connectivity index (χ0) is 24.1. The molecule has 1 aromatic heterocycles. The van der Waals surface area contributed by atoms with Gasteiger partial charge in [0.25, 0.3) is 5.91 Å². The third-order valence-corrected chi connectivity index (χ3v) is 5.71. The average Bonchev–Trinajstić information content (AvgIpc) is 3.14. The molecule has 33 heavy (non-hydrogen) atoms. The molecule has 2 aromatic carbocycles. The van der Waals surface area contributed by atoms with Crippen molar-refractivity contribution in [1.82, 2.24) is 9.88 Å². The maximum absolute atomic E-state index is 12.9. The Kier molecular flexibility index (Phi) is 7.76. The number of hydrogen-bond donors (Lipinski definition) is 3. The summed E-state index contributed by atoms with van der Waals surface area (Å²) in [5, 5.41) is 16.3. The summed E-state index contributed by atoms with van der Waals surface area (Å²) in [6, 6.07) is 12.0. The molecule has 3 aromatic rings. The number of unbranched alkanes of at least 4 members (excludes halogenated alkanes) is 1. The molecule has 0 saturated carbocycles. The Hall–Kier alpha value is -3.32. The number of carbonyl (C=O) groups excluding carboxylic acids is 2. The smallest absolute Gasteiger partial charge is 0.352 e. The van der Waals surface area contributed by atoms with Gasteiger partial charge in [0.05, 0.1) is 10.6 Å². The highest BCUT2D eigenvalue weighted by molar-refractivity contribution is 6.34. The highest BCUT2D eigenvalue weighted by Gasteiger charge is 2.16. The molecule has 0 aliphatic carbocycles. The van der Waals surface area contributed by atoms with Crippen LogP contribution in [0.3, 0.4) is 0 Å². The highest BCUT2D eigenvalue weighted by atomic mass is 35.5. The van der Waals surface area contributed by atoms with E-state index in [0.29, 0.717) is 29.4 Å². The summed E-state index contributed by atoms with van der Waals surface area (Å²) in [7, 11) is 0. The monoisotopic (exact) mass is 469 g/mol. The summed E-state index contributed by atoms with van der Waals surface area (Å²) in [4.78, 5) is 36.4. The number of nitrogens with zero attached hydrogens (tertiary/aromatic N) is 1. The third kappa shape index (κ3) is 5.73. The van der Waals surface area contributed by atoms with Gasteiger partial charge in [0.15, 0.2) is 0 Å². The number of halogens is 1. The number of aromatic carboxylic acids is 1. The van der Waals surface area contributed by atoms with E-state index in [0.717, 1.165) is 29.3 Å². The van der Waals surface area contributed by atoms with Gasteiger partial charge >= 0.3 is 5.97 Å². The van der Waals surface area contributed by atoms with E-state index in [2.05, 4.69) is 17.6 Å². The molecule has 0 aliphatic rings. The minimum atomic E-state index is -0.985. The van der Waals surface area contributed by atoms with Gasteiger partial charge in [-0.15, -0.1) is 0 Å². The third-order valence-electron chi connectivity index (χ3n) is 5.38. The topological polar surface area (TPSA) is 100 Å². The van der Waals surface area contributed by atoms with Crippen LogP contribution in [0.5, 0.6) is 0 Å². The quantitative estimate of drug-likeness (QED) is 0.395. The normalized spacial score (nSPS) is 11.1. The summed E-state index contributed by atoms with van der Waals surface area (Å²) in [5.41, 5.74) is 2.61. The zero-order valence-corrected chi connectivity index (χ0v) is 19.7. The summed E-state index contributed by atoms with van der Waals surface area (Å²) in [6.07, 6.45) is 1.82. The van der Waals surface area contributed by atoms with Gasteiger partial charge in [-0.2, -0.15) is 0 Å². The van der Waals surface area contributed by atoms with E-state index in [1.807, 2.05) is 19.9 Å². The van der Waals surface area contributed by atoms with E-state index in [4.69, 9.17) is 11.6 Å². The summed E-state index contributed by atoms with van der Waals surface area (Å²) in [6.45, 7) is 6.58. The van der Waals surface area contributed by atoms with E-state index < -0.39 is 5.97 Å². The molecule has 0 unspecified atom stereocenters. The number of fused-ring (bicyclic) bond motifs is 1. The van der Waals surface area contributed by atoms with Gasteiger partial charge in [0.2, 0.25) is 5.91 Å². The molecule has 7 nitrogen and oxygen atoms in total. The van der Waals surface area contributed by atoms with Crippen LogP contribution in [-0.4, -0.2) is 27.5 Å². The second-order valence-corrected chi connectivity index (χ2v) is 8.66. The molecule has 3 rings (SSSR count). The number of carboxylic acid groups (broad SMARTS) is 1. The van der Waals surface area contributed by atoms with Crippen molar-refractivity contribution in [3.05, 3.63) is 64.3 Å². The van der Waals surface area contributed by atoms with Gasteiger partial charge in [-0.1, -0.05) is 44.9 Å². The highest BCUT2D eigenvalue weighted by Crippen LogP contribution is 2.26. The van der Waals surface area contributed by atoms with Crippen LogP contribution in [0.4, 0.5) is 5.69 Å². The van der Waals surface area contributed by atoms with Crippen LogP contribution in [-0.2, 0) is 17.9 Å². The Morgan fingerprint density at radius 3 is 2.52 bits per heavy atom. The van der Waals surface area contributed by atoms with Gasteiger partial charge in [-0.05, 0) is 48.4 Å². The molecule has 0 bridgehead atoms. The first-order valence-electron chi connectivity index (χ1n) is 10.9. The standard InChI is InChI=1S/C25H28ClN3O4/c1-4-5-10-29-21-9-7-18(12-17(21)13-22(29)25(32)33)28-24(31)19-11-16(6-8-20(19)26)14-27-23(30)15(2)3/h6-9,11-13,15H,4-5,10,14H2,1-3H3,(H,27,30)(H,28,31)(H,32,33). The number of hydrogen-bond acceptors (Lipinski definition) is 3. The Morgan fingerprint density at radius 2 is 1.85 bits per heavy atom. The molecule has 2 amide bonds. The maximum Gasteiger partial charge on any atom is 0.352 e. The summed E-state index contributed by atoms with van der Waals surface area (Å²) >= 11 is 6.26. The molecule has 0 spiro atoms. The first-order chi connectivity index (χ1) is 15.7. The van der Waals surface area contributed by atoms with Crippen molar-refractivity contribution in [1.29, 1.82) is 0 Å². The number of carboxylic acids is 1. The number of benzene rings is 2. The van der Waals surface area contributed by atoms with Crippen LogP contribution in [0.2, 0.25) is 5.02 Å². The SMILES string of the molecule is CCCCn1c(C(=O)O)cc2cc(NC(=O)c3cc(CNC(=O)C(C)C)ccc3Cl)ccc21. The van der Waals surface area contributed by atoms with Gasteiger partial charge in [0, 0.05) is 35.6 Å². The fourth-order valence-corrected chi connectivity index (χ4v) is 3.73. The lowest BCUT2D eigenvalue weighted by Crippen LogP contribution is -2.27. The van der Waals surface area contributed by atoms with Crippen LogP contribution in [0, 0.1) is 5.92 Å². The number of amides is 2. The molecular weight excluding hydrogens is 442 g/mol. The number of rotatable bonds is 9. The maximum atomic E-state index is 12.9. The van der Waals surface area contributed by atoms with Crippen molar-refractivity contribution in [3.8, 4) is 0 Å². The molecule has 174 valence electrons. The van der Waals surface area contributed by atoms with Gasteiger partial charge < -0.3 is 20.3 Å². The van der Waals surface area contributed by atoms with Crippen molar-refractivity contribution < 1.29 is 19.5 Å². The van der Waals surface area contributed by atoms with E-state index in [9.17, 15) is 19.5 Å². The van der Waals surface area contributed by atoms with Gasteiger partial charge in [-0.25, -0.2) is 4.79 Å². The average molecular weight is 470 g/mol. The van der Waals surface area contributed by atoms with Crippen LogP contribution in [0.15, 0.2) is 42.5 Å². The first-order valence-corrected chi connectivity index (χ1v) is 11.3. The Labute approximate surface area is 197 Å². The number of anilines is 1. The minimum Gasteiger partial charge on any atom is -0.477 e. The fraction of sp³-hybridized carbons (Fsp3) is 0.320. The zero-order valence-electron chi connectivity index (χ0n) is 18.9. The molecule has 0 fully saturated rings. The van der Waals surface area contributed by atoms with Crippen molar-refractivity contribution >= 4 is 46.0 Å². The second-order valence-electron chi connectivity index (χ2n) is 8.25. The van der Waals surface area contributed by atoms with Crippen molar-refractivity contribution in [2.24, 2.45) is 5.92 Å².